The third-order valence-electron chi connectivity index (χ3n) is 3.86. The summed E-state index contributed by atoms with van der Waals surface area (Å²) in [5.41, 5.74) is -0.830. The number of ether oxygens (including phenoxy) is 1. The van der Waals surface area contributed by atoms with Crippen LogP contribution in [0.5, 0.6) is 5.88 Å². The van der Waals surface area contributed by atoms with E-state index in [9.17, 15) is 14.4 Å². The molecule has 1 aromatic carbocycles. The maximum absolute atomic E-state index is 12.4. The molecule has 2 heterocycles. The van der Waals surface area contributed by atoms with E-state index < -0.39 is 23.1 Å². The number of carbonyl (C=O) groups excluding carboxylic acids is 1. The number of oxime groups is 1. The molecular formula is C16H13Cl2N3O5. The van der Waals surface area contributed by atoms with Crippen molar-refractivity contribution in [3.63, 3.8) is 0 Å². The maximum Gasteiger partial charge on any atom is 0.333 e. The Kier molecular flexibility index (Phi) is 4.88. The highest BCUT2D eigenvalue weighted by Gasteiger charge is 2.37. The van der Waals surface area contributed by atoms with Gasteiger partial charge in [0, 0.05) is 29.7 Å². The highest BCUT2D eigenvalue weighted by atomic mass is 35.5. The summed E-state index contributed by atoms with van der Waals surface area (Å²) in [5, 5.41) is 4.61. The summed E-state index contributed by atoms with van der Waals surface area (Å²) in [7, 11) is 2.70. The van der Waals surface area contributed by atoms with Crippen LogP contribution in [0.3, 0.4) is 0 Å². The Morgan fingerprint density at radius 3 is 2.65 bits per heavy atom. The normalized spacial score (nSPS) is 16.0. The lowest BCUT2D eigenvalue weighted by atomic mass is 10.1. The number of nitrogens with zero attached hydrogens (tertiary/aromatic N) is 3. The van der Waals surface area contributed by atoms with E-state index in [-0.39, 0.29) is 18.1 Å². The van der Waals surface area contributed by atoms with Crippen LogP contribution >= 0.6 is 23.2 Å². The molecule has 1 aliphatic heterocycles. The molecule has 0 bridgehead atoms. The molecule has 26 heavy (non-hydrogen) atoms. The first-order valence-corrected chi connectivity index (χ1v) is 8.17. The summed E-state index contributed by atoms with van der Waals surface area (Å²) in [4.78, 5) is 41.5. The van der Waals surface area contributed by atoms with Gasteiger partial charge in [0.25, 0.3) is 5.56 Å². The first-order valence-electron chi connectivity index (χ1n) is 7.41. The predicted molar refractivity (Wildman–Crippen MR) is 95.4 cm³/mol. The number of carbonyl (C=O) groups is 1. The number of rotatable bonds is 4. The second-order valence-corrected chi connectivity index (χ2v) is 6.40. The minimum Gasteiger partial charge on any atom is -0.460 e. The van der Waals surface area contributed by atoms with Crippen molar-refractivity contribution in [2.75, 3.05) is 0 Å². The van der Waals surface area contributed by atoms with E-state index in [2.05, 4.69) is 5.16 Å². The van der Waals surface area contributed by atoms with E-state index in [1.807, 2.05) is 0 Å². The Morgan fingerprint density at radius 2 is 1.96 bits per heavy atom. The molecule has 1 atom stereocenters. The number of hydrogen-bond donors (Lipinski definition) is 0. The van der Waals surface area contributed by atoms with Gasteiger partial charge in [0.15, 0.2) is 0 Å². The molecule has 0 amide bonds. The number of Topliss-reactive ketones (excluding diaryl/α,β-unsaturated/α-hetero) is 1. The van der Waals surface area contributed by atoms with Gasteiger partial charge in [-0.3, -0.25) is 18.7 Å². The Labute approximate surface area is 157 Å². The van der Waals surface area contributed by atoms with Gasteiger partial charge >= 0.3 is 5.69 Å². The van der Waals surface area contributed by atoms with Crippen molar-refractivity contribution in [1.82, 2.24) is 9.13 Å². The van der Waals surface area contributed by atoms with Crippen LogP contribution in [-0.4, -0.2) is 27.2 Å². The first kappa shape index (κ1) is 18.2. The summed E-state index contributed by atoms with van der Waals surface area (Å²) < 4.78 is 7.33. The molecule has 2 aromatic rings. The number of hydrogen-bond acceptors (Lipinski definition) is 6. The largest absolute Gasteiger partial charge is 0.460 e. The molecule has 136 valence electrons. The molecule has 1 aliphatic rings. The summed E-state index contributed by atoms with van der Waals surface area (Å²) in [6.07, 6.45) is -0.0258. The van der Waals surface area contributed by atoms with Crippen LogP contribution < -0.4 is 16.0 Å². The summed E-state index contributed by atoms with van der Waals surface area (Å²) in [6, 6.07) is 4.92. The zero-order chi connectivity index (χ0) is 19.0. The van der Waals surface area contributed by atoms with Crippen molar-refractivity contribution in [1.29, 1.82) is 0 Å². The van der Waals surface area contributed by atoms with Crippen LogP contribution in [0.4, 0.5) is 0 Å². The van der Waals surface area contributed by atoms with Crippen molar-refractivity contribution in [2.24, 2.45) is 19.3 Å². The van der Waals surface area contributed by atoms with Gasteiger partial charge in [-0.1, -0.05) is 34.4 Å². The monoisotopic (exact) mass is 397 g/mol. The highest BCUT2D eigenvalue weighted by Crippen LogP contribution is 2.24. The molecule has 0 spiro atoms. The second kappa shape index (κ2) is 6.97. The number of benzene rings is 1. The molecule has 0 radical (unpaired) electrons. The van der Waals surface area contributed by atoms with Gasteiger partial charge in [-0.2, -0.15) is 0 Å². The van der Waals surface area contributed by atoms with E-state index in [1.54, 1.807) is 18.2 Å². The summed E-state index contributed by atoms with van der Waals surface area (Å²) in [5.74, 6) is -0.673. The van der Waals surface area contributed by atoms with Crippen molar-refractivity contribution in [3.05, 3.63) is 60.2 Å². The van der Waals surface area contributed by atoms with E-state index in [0.29, 0.717) is 15.6 Å². The van der Waals surface area contributed by atoms with Gasteiger partial charge in [0.05, 0.1) is 6.21 Å². The number of aromatic nitrogens is 2. The molecule has 3 rings (SSSR count). The minimum atomic E-state index is -1.15. The zero-order valence-corrected chi connectivity index (χ0v) is 15.2. The smallest absolute Gasteiger partial charge is 0.333 e. The maximum atomic E-state index is 12.4. The van der Waals surface area contributed by atoms with Gasteiger partial charge < -0.3 is 9.57 Å². The van der Waals surface area contributed by atoms with Crippen molar-refractivity contribution in [3.8, 4) is 5.88 Å². The van der Waals surface area contributed by atoms with E-state index in [4.69, 9.17) is 32.8 Å². The van der Waals surface area contributed by atoms with Gasteiger partial charge in [-0.15, -0.1) is 0 Å². The Balaban J connectivity index is 1.74. The SMILES string of the molecule is Cn1c2c(c(=O)n(C)c1=O)C(=O)[C@@H](/C=N/OCc1ccc(Cl)cc1Cl)O2. The third kappa shape index (κ3) is 3.13. The fourth-order valence-corrected chi connectivity index (χ4v) is 2.90. The Hall–Kier alpha value is -2.58. The van der Waals surface area contributed by atoms with Crippen LogP contribution in [0.25, 0.3) is 0 Å². The summed E-state index contributed by atoms with van der Waals surface area (Å²) >= 11 is 11.8. The average Bonchev–Trinajstić information content (AvgIpc) is 2.93. The Bertz CT molecular complexity index is 1040. The molecule has 0 fully saturated rings. The van der Waals surface area contributed by atoms with Crippen LogP contribution in [0.15, 0.2) is 32.9 Å². The van der Waals surface area contributed by atoms with E-state index in [0.717, 1.165) is 15.3 Å². The van der Waals surface area contributed by atoms with Crippen LogP contribution in [0, 0.1) is 0 Å². The van der Waals surface area contributed by atoms with Gasteiger partial charge in [0.1, 0.15) is 12.2 Å². The van der Waals surface area contributed by atoms with E-state index in [1.165, 1.54) is 14.1 Å². The lowest BCUT2D eigenvalue weighted by molar-refractivity contribution is 0.0907. The van der Waals surface area contributed by atoms with Crippen molar-refractivity contribution in [2.45, 2.75) is 12.7 Å². The zero-order valence-electron chi connectivity index (χ0n) is 13.7. The molecular weight excluding hydrogens is 385 g/mol. The van der Waals surface area contributed by atoms with Crippen LogP contribution in [0.2, 0.25) is 10.0 Å². The predicted octanol–water partition coefficient (Wildman–Crippen LogP) is 1.54. The van der Waals surface area contributed by atoms with Crippen LogP contribution in [0.1, 0.15) is 15.9 Å². The molecule has 0 aliphatic carbocycles. The molecule has 0 saturated heterocycles. The highest BCUT2D eigenvalue weighted by molar-refractivity contribution is 6.35. The van der Waals surface area contributed by atoms with Gasteiger partial charge in [-0.05, 0) is 12.1 Å². The quantitative estimate of drug-likeness (QED) is 0.576. The van der Waals surface area contributed by atoms with Gasteiger partial charge in [0.2, 0.25) is 17.8 Å². The lowest BCUT2D eigenvalue weighted by Crippen LogP contribution is -2.39. The molecule has 10 heteroatoms. The van der Waals surface area contributed by atoms with E-state index >= 15 is 0 Å². The first-order chi connectivity index (χ1) is 12.3. The fourth-order valence-electron chi connectivity index (χ4n) is 2.43. The number of halogens is 2. The molecule has 1 aromatic heterocycles. The number of ketones is 1. The lowest BCUT2D eigenvalue weighted by Gasteiger charge is -2.07. The average molecular weight is 398 g/mol. The van der Waals surface area contributed by atoms with Crippen molar-refractivity contribution >= 4 is 35.2 Å². The van der Waals surface area contributed by atoms with Gasteiger partial charge in [-0.25, -0.2) is 4.79 Å². The topological polar surface area (TPSA) is 91.9 Å². The second-order valence-electron chi connectivity index (χ2n) is 5.55. The molecule has 0 unspecified atom stereocenters. The van der Waals surface area contributed by atoms with Crippen LogP contribution in [-0.2, 0) is 25.5 Å². The standard InChI is InChI=1S/C16H13Cl2N3O5/c1-20-14(23)12-13(22)11(26-15(12)21(2)16(20)24)6-19-25-7-8-3-4-9(17)5-10(8)18/h3-6,11H,7H2,1-2H3/b19-6+/t11-/m1/s1. The molecule has 0 saturated carbocycles. The summed E-state index contributed by atoms with van der Waals surface area (Å²) in [6.45, 7) is 0.0562. The molecule has 0 N–H and O–H groups in total. The van der Waals surface area contributed by atoms with Crippen molar-refractivity contribution < 1.29 is 14.4 Å². The fraction of sp³-hybridized carbons (Fsp3) is 0.250. The minimum absolute atomic E-state index is 0.0562. The molecule has 8 nitrogen and oxygen atoms in total. The third-order valence-corrected chi connectivity index (χ3v) is 4.45. The number of fused-ring (bicyclic) bond motifs is 1. The Morgan fingerprint density at radius 1 is 1.23 bits per heavy atom.